The Morgan fingerprint density at radius 3 is 2.50 bits per heavy atom. The minimum Gasteiger partial charge on any atom is -0.265 e. The summed E-state index contributed by atoms with van der Waals surface area (Å²) in [6.45, 7) is 3.86. The zero-order valence-corrected chi connectivity index (χ0v) is 9.94. The van der Waals surface area contributed by atoms with E-state index in [9.17, 15) is 0 Å². The van der Waals surface area contributed by atoms with Crippen molar-refractivity contribution in [1.29, 1.82) is 0 Å². The van der Waals surface area contributed by atoms with Gasteiger partial charge in [0.2, 0.25) is 0 Å². The van der Waals surface area contributed by atoms with Crippen molar-refractivity contribution in [1.82, 2.24) is 15.0 Å². The van der Waals surface area contributed by atoms with Gasteiger partial charge in [-0.05, 0) is 26.0 Å². The molecule has 0 saturated heterocycles. The fourth-order valence-electron chi connectivity index (χ4n) is 1.51. The van der Waals surface area contributed by atoms with Gasteiger partial charge in [0, 0.05) is 35.4 Å². The Morgan fingerprint density at radius 1 is 1.25 bits per heavy atom. The zero-order valence-electron chi connectivity index (χ0n) is 9.18. The minimum absolute atomic E-state index is 0.0634. The van der Waals surface area contributed by atoms with Crippen molar-refractivity contribution in [3.63, 3.8) is 0 Å². The van der Waals surface area contributed by atoms with Crippen molar-refractivity contribution in [3.8, 4) is 11.4 Å². The highest BCUT2D eigenvalue weighted by molar-refractivity contribution is 6.20. The second-order valence-corrected chi connectivity index (χ2v) is 4.24. The molecule has 2 heterocycles. The number of hydrogen-bond acceptors (Lipinski definition) is 3. The molecule has 1 unspecified atom stereocenters. The van der Waals surface area contributed by atoms with Gasteiger partial charge in [0.25, 0.3) is 0 Å². The minimum atomic E-state index is -0.0634. The van der Waals surface area contributed by atoms with E-state index in [1.807, 2.05) is 26.0 Å². The second kappa shape index (κ2) is 4.58. The molecule has 0 aromatic carbocycles. The molecule has 0 aliphatic heterocycles. The van der Waals surface area contributed by atoms with Crippen LogP contribution in [-0.2, 0) is 0 Å². The zero-order chi connectivity index (χ0) is 11.5. The lowest BCUT2D eigenvalue weighted by molar-refractivity contribution is 0.975. The molecule has 0 spiro atoms. The molecule has 0 aliphatic carbocycles. The number of halogens is 1. The summed E-state index contributed by atoms with van der Waals surface area (Å²) in [7, 11) is 0. The molecule has 0 bridgehead atoms. The Labute approximate surface area is 99.5 Å². The van der Waals surface area contributed by atoms with Gasteiger partial charge < -0.3 is 0 Å². The van der Waals surface area contributed by atoms with Crippen LogP contribution in [0.25, 0.3) is 11.4 Å². The normalized spacial score (nSPS) is 12.4. The molecule has 2 rings (SSSR count). The molecule has 82 valence electrons. The first-order chi connectivity index (χ1) is 7.68. The van der Waals surface area contributed by atoms with Gasteiger partial charge in [-0.1, -0.05) is 0 Å². The quantitative estimate of drug-likeness (QED) is 0.748. The van der Waals surface area contributed by atoms with Crippen LogP contribution in [0.15, 0.2) is 30.7 Å². The van der Waals surface area contributed by atoms with Gasteiger partial charge >= 0.3 is 0 Å². The first-order valence-electron chi connectivity index (χ1n) is 5.06. The van der Waals surface area contributed by atoms with Crippen LogP contribution in [-0.4, -0.2) is 15.0 Å². The molecular formula is C12H12ClN3. The average molecular weight is 234 g/mol. The SMILES string of the molecule is Cc1nc(-c2ccncc2)ncc1C(C)Cl. The lowest BCUT2D eigenvalue weighted by Crippen LogP contribution is -1.98. The third kappa shape index (κ3) is 2.19. The van der Waals surface area contributed by atoms with Crippen LogP contribution >= 0.6 is 11.6 Å². The van der Waals surface area contributed by atoms with E-state index in [2.05, 4.69) is 15.0 Å². The predicted molar refractivity (Wildman–Crippen MR) is 64.3 cm³/mol. The van der Waals surface area contributed by atoms with Crippen molar-refractivity contribution < 1.29 is 0 Å². The molecule has 0 aliphatic rings. The van der Waals surface area contributed by atoms with Crippen LogP contribution in [0.4, 0.5) is 0 Å². The standard InChI is InChI=1S/C12H12ClN3/c1-8(13)11-7-15-12(16-9(11)2)10-3-5-14-6-4-10/h3-8H,1-2H3. The number of alkyl halides is 1. The van der Waals surface area contributed by atoms with E-state index < -0.39 is 0 Å². The Balaban J connectivity index is 2.43. The Kier molecular flexibility index (Phi) is 3.15. The smallest absolute Gasteiger partial charge is 0.159 e. The van der Waals surface area contributed by atoms with Crippen molar-refractivity contribution in [2.45, 2.75) is 19.2 Å². The van der Waals surface area contributed by atoms with Crippen molar-refractivity contribution in [2.24, 2.45) is 0 Å². The lowest BCUT2D eigenvalue weighted by Gasteiger charge is -2.08. The third-order valence-electron chi connectivity index (χ3n) is 2.38. The topological polar surface area (TPSA) is 38.7 Å². The van der Waals surface area contributed by atoms with E-state index in [0.29, 0.717) is 5.82 Å². The van der Waals surface area contributed by atoms with Crippen LogP contribution < -0.4 is 0 Å². The number of hydrogen-bond donors (Lipinski definition) is 0. The van der Waals surface area contributed by atoms with Crippen molar-refractivity contribution in [2.75, 3.05) is 0 Å². The van der Waals surface area contributed by atoms with Crippen LogP contribution in [0.5, 0.6) is 0 Å². The number of pyridine rings is 1. The Bertz CT molecular complexity index is 483. The first-order valence-corrected chi connectivity index (χ1v) is 5.50. The van der Waals surface area contributed by atoms with E-state index in [0.717, 1.165) is 16.8 Å². The highest BCUT2D eigenvalue weighted by atomic mass is 35.5. The second-order valence-electron chi connectivity index (χ2n) is 3.59. The molecule has 4 heteroatoms. The molecule has 0 amide bonds. The van der Waals surface area contributed by atoms with Crippen molar-refractivity contribution >= 4 is 11.6 Å². The predicted octanol–water partition coefficient (Wildman–Crippen LogP) is 3.15. The highest BCUT2D eigenvalue weighted by Crippen LogP contribution is 2.23. The molecule has 1 atom stereocenters. The summed E-state index contributed by atoms with van der Waals surface area (Å²) < 4.78 is 0. The van der Waals surface area contributed by atoms with Gasteiger partial charge in [0.05, 0.1) is 5.38 Å². The maximum atomic E-state index is 6.02. The number of aryl methyl sites for hydroxylation is 1. The summed E-state index contributed by atoms with van der Waals surface area (Å²) in [6, 6.07) is 3.77. The molecule has 16 heavy (non-hydrogen) atoms. The molecule has 3 nitrogen and oxygen atoms in total. The van der Waals surface area contributed by atoms with Gasteiger partial charge in [-0.2, -0.15) is 0 Å². The fourth-order valence-corrected chi connectivity index (χ4v) is 1.72. The molecule has 2 aromatic rings. The molecule has 0 fully saturated rings. The monoisotopic (exact) mass is 233 g/mol. The number of nitrogens with zero attached hydrogens (tertiary/aromatic N) is 3. The molecule has 0 radical (unpaired) electrons. The maximum absolute atomic E-state index is 6.02. The van der Waals surface area contributed by atoms with E-state index >= 15 is 0 Å². The van der Waals surface area contributed by atoms with Crippen LogP contribution in [0.1, 0.15) is 23.6 Å². The summed E-state index contributed by atoms with van der Waals surface area (Å²) in [5, 5.41) is -0.0634. The summed E-state index contributed by atoms with van der Waals surface area (Å²) in [5.74, 6) is 0.709. The Morgan fingerprint density at radius 2 is 1.94 bits per heavy atom. The first kappa shape index (κ1) is 11.0. The fraction of sp³-hybridized carbons (Fsp3) is 0.250. The number of aromatic nitrogens is 3. The largest absolute Gasteiger partial charge is 0.265 e. The molecular weight excluding hydrogens is 222 g/mol. The maximum Gasteiger partial charge on any atom is 0.159 e. The van der Waals surface area contributed by atoms with Gasteiger partial charge in [0.15, 0.2) is 5.82 Å². The van der Waals surface area contributed by atoms with E-state index in [-0.39, 0.29) is 5.38 Å². The van der Waals surface area contributed by atoms with Gasteiger partial charge in [-0.15, -0.1) is 11.6 Å². The van der Waals surface area contributed by atoms with Gasteiger partial charge in [0.1, 0.15) is 0 Å². The van der Waals surface area contributed by atoms with E-state index in [4.69, 9.17) is 11.6 Å². The highest BCUT2D eigenvalue weighted by Gasteiger charge is 2.09. The van der Waals surface area contributed by atoms with E-state index in [1.54, 1.807) is 18.6 Å². The molecule has 2 aromatic heterocycles. The third-order valence-corrected chi connectivity index (χ3v) is 2.62. The lowest BCUT2D eigenvalue weighted by atomic mass is 10.2. The van der Waals surface area contributed by atoms with Crippen LogP contribution in [0.3, 0.4) is 0 Å². The summed E-state index contributed by atoms with van der Waals surface area (Å²) in [4.78, 5) is 12.7. The van der Waals surface area contributed by atoms with Crippen LogP contribution in [0.2, 0.25) is 0 Å². The van der Waals surface area contributed by atoms with Gasteiger partial charge in [-0.3, -0.25) is 4.98 Å². The summed E-state index contributed by atoms with van der Waals surface area (Å²) in [5.41, 5.74) is 2.86. The summed E-state index contributed by atoms with van der Waals surface area (Å²) in [6.07, 6.45) is 5.24. The van der Waals surface area contributed by atoms with Gasteiger partial charge in [-0.25, -0.2) is 9.97 Å². The van der Waals surface area contributed by atoms with E-state index in [1.165, 1.54) is 0 Å². The molecule has 0 N–H and O–H groups in total. The number of rotatable bonds is 2. The Hall–Kier alpha value is -1.48. The van der Waals surface area contributed by atoms with Crippen molar-refractivity contribution in [3.05, 3.63) is 42.0 Å². The molecule has 0 saturated carbocycles. The summed E-state index contributed by atoms with van der Waals surface area (Å²) >= 11 is 6.02. The van der Waals surface area contributed by atoms with Crippen LogP contribution in [0, 0.1) is 6.92 Å². The average Bonchev–Trinajstić information content (AvgIpc) is 2.29.